The number of rotatable bonds is 3. The number of amides is 3. The molecular weight excluding hydrogens is 290 g/mol. The lowest BCUT2D eigenvalue weighted by molar-refractivity contribution is -0.132. The molecule has 5 heteroatoms. The second kappa shape index (κ2) is 5.34. The zero-order valence-corrected chi connectivity index (χ0v) is 13.5. The minimum absolute atomic E-state index is 0.0295. The molecule has 3 aliphatic rings. The van der Waals surface area contributed by atoms with Gasteiger partial charge in [0, 0.05) is 6.04 Å². The maximum Gasteiger partial charge on any atom is 0.326 e. The average Bonchev–Trinajstić information content (AvgIpc) is 3.23. The molecule has 23 heavy (non-hydrogen) atoms. The zero-order valence-electron chi connectivity index (χ0n) is 13.5. The van der Waals surface area contributed by atoms with Crippen LogP contribution in [-0.4, -0.2) is 41.0 Å². The fourth-order valence-corrected chi connectivity index (χ4v) is 4.44. The molecule has 2 fully saturated rings. The van der Waals surface area contributed by atoms with Gasteiger partial charge in [0.25, 0.3) is 5.91 Å². The van der Waals surface area contributed by atoms with E-state index in [1.165, 1.54) is 16.0 Å². The molecule has 0 unspecified atom stereocenters. The molecule has 4 rings (SSSR count). The Bertz CT molecular complexity index is 651. The summed E-state index contributed by atoms with van der Waals surface area (Å²) in [5.41, 5.74) is 2.11. The number of nitrogens with zero attached hydrogens (tertiary/aromatic N) is 2. The van der Waals surface area contributed by atoms with Crippen LogP contribution in [0, 0.1) is 0 Å². The molecule has 2 aliphatic carbocycles. The number of aryl methyl sites for hydroxylation is 1. The van der Waals surface area contributed by atoms with E-state index in [1.54, 1.807) is 0 Å². The van der Waals surface area contributed by atoms with Crippen molar-refractivity contribution in [3.63, 3.8) is 0 Å². The summed E-state index contributed by atoms with van der Waals surface area (Å²) in [6.45, 7) is 0.366. The first-order valence-corrected chi connectivity index (χ1v) is 8.53. The first-order chi connectivity index (χ1) is 11.1. The van der Waals surface area contributed by atoms with E-state index in [0.717, 1.165) is 38.5 Å². The third kappa shape index (κ3) is 2.26. The Balaban J connectivity index is 1.50. The van der Waals surface area contributed by atoms with Crippen molar-refractivity contribution in [2.45, 2.75) is 50.1 Å². The van der Waals surface area contributed by atoms with Gasteiger partial charge in [0.05, 0.1) is 6.67 Å². The highest BCUT2D eigenvalue weighted by Gasteiger charge is 2.52. The van der Waals surface area contributed by atoms with E-state index in [-0.39, 0.29) is 18.0 Å². The van der Waals surface area contributed by atoms with Crippen LogP contribution in [0.1, 0.15) is 49.3 Å². The van der Waals surface area contributed by atoms with Gasteiger partial charge in [0.1, 0.15) is 5.54 Å². The van der Waals surface area contributed by atoms with Crippen molar-refractivity contribution in [2.24, 2.45) is 0 Å². The molecule has 1 aromatic carbocycles. The lowest BCUT2D eigenvalue weighted by atomic mass is 9.98. The van der Waals surface area contributed by atoms with Crippen molar-refractivity contribution < 1.29 is 9.59 Å². The number of carbonyl (C=O) groups is 2. The number of benzene rings is 1. The Kier molecular flexibility index (Phi) is 3.41. The zero-order chi connectivity index (χ0) is 16.0. The number of hydrogen-bond donors (Lipinski definition) is 1. The van der Waals surface area contributed by atoms with Gasteiger partial charge in [-0.1, -0.05) is 37.1 Å². The molecule has 1 atom stereocenters. The molecular formula is C18H23N3O2. The third-order valence-electron chi connectivity index (χ3n) is 5.70. The molecule has 5 nitrogen and oxygen atoms in total. The normalized spacial score (nSPS) is 25.5. The topological polar surface area (TPSA) is 52.6 Å². The minimum Gasteiger partial charge on any atom is -0.323 e. The van der Waals surface area contributed by atoms with Crippen LogP contribution in [0.3, 0.4) is 0 Å². The third-order valence-corrected chi connectivity index (χ3v) is 5.70. The van der Waals surface area contributed by atoms with E-state index in [2.05, 4.69) is 34.5 Å². The van der Waals surface area contributed by atoms with Gasteiger partial charge in [-0.2, -0.15) is 0 Å². The van der Waals surface area contributed by atoms with Gasteiger partial charge >= 0.3 is 6.03 Å². The summed E-state index contributed by atoms with van der Waals surface area (Å²) >= 11 is 0. The van der Waals surface area contributed by atoms with Crippen LogP contribution in [0.2, 0.25) is 0 Å². The summed E-state index contributed by atoms with van der Waals surface area (Å²) in [5.74, 6) is -0.0295. The highest BCUT2D eigenvalue weighted by molar-refractivity contribution is 6.07. The molecule has 1 aromatic rings. The van der Waals surface area contributed by atoms with Gasteiger partial charge in [0.2, 0.25) is 0 Å². The average molecular weight is 313 g/mol. The van der Waals surface area contributed by atoms with Crippen LogP contribution >= 0.6 is 0 Å². The van der Waals surface area contributed by atoms with Crippen molar-refractivity contribution in [2.75, 3.05) is 13.7 Å². The van der Waals surface area contributed by atoms with Crippen molar-refractivity contribution >= 4 is 11.9 Å². The van der Waals surface area contributed by atoms with Crippen LogP contribution in [0.5, 0.6) is 0 Å². The fraction of sp³-hybridized carbons (Fsp3) is 0.556. The Labute approximate surface area is 136 Å². The Morgan fingerprint density at radius 1 is 1.26 bits per heavy atom. The molecule has 0 aromatic heterocycles. The van der Waals surface area contributed by atoms with Gasteiger partial charge in [-0.25, -0.2) is 9.69 Å². The van der Waals surface area contributed by atoms with E-state index in [9.17, 15) is 9.59 Å². The van der Waals surface area contributed by atoms with E-state index >= 15 is 0 Å². The smallest absolute Gasteiger partial charge is 0.323 e. The Hall–Kier alpha value is -1.88. The number of imide groups is 1. The molecule has 1 aliphatic heterocycles. The largest absolute Gasteiger partial charge is 0.326 e. The molecule has 0 bridgehead atoms. The summed E-state index contributed by atoms with van der Waals surface area (Å²) < 4.78 is 0. The first-order valence-electron chi connectivity index (χ1n) is 8.53. The summed E-state index contributed by atoms with van der Waals surface area (Å²) in [6, 6.07) is 8.52. The number of fused-ring (bicyclic) bond motifs is 1. The molecule has 1 heterocycles. The molecule has 1 saturated carbocycles. The number of carbonyl (C=O) groups excluding carboxylic acids is 2. The number of urea groups is 1. The van der Waals surface area contributed by atoms with E-state index in [0.29, 0.717) is 6.67 Å². The molecule has 0 radical (unpaired) electrons. The van der Waals surface area contributed by atoms with Crippen molar-refractivity contribution in [1.29, 1.82) is 0 Å². The molecule has 1 spiro atoms. The summed E-state index contributed by atoms with van der Waals surface area (Å²) in [5, 5.41) is 2.95. The quantitative estimate of drug-likeness (QED) is 0.872. The van der Waals surface area contributed by atoms with Crippen LogP contribution in [0.25, 0.3) is 0 Å². The minimum atomic E-state index is -0.606. The standard InChI is InChI=1S/C18H23N3O2/c1-20(15-9-8-13-6-2-3-7-14(13)15)12-21-16(22)18(19-17(21)23)10-4-5-11-18/h2-3,6-7,15H,4-5,8-12H2,1H3,(H,19,23)/t15-/m1/s1. The summed E-state index contributed by atoms with van der Waals surface area (Å²) in [7, 11) is 2.01. The summed E-state index contributed by atoms with van der Waals surface area (Å²) in [6.07, 6.45) is 5.71. The van der Waals surface area contributed by atoms with Crippen LogP contribution < -0.4 is 5.32 Å². The highest BCUT2D eigenvalue weighted by atomic mass is 16.2. The maximum absolute atomic E-state index is 12.8. The van der Waals surface area contributed by atoms with Crippen molar-refractivity contribution in [3.8, 4) is 0 Å². The Morgan fingerprint density at radius 3 is 2.78 bits per heavy atom. The second-order valence-electron chi connectivity index (χ2n) is 7.10. The number of nitrogens with one attached hydrogen (secondary N) is 1. The van der Waals surface area contributed by atoms with Gasteiger partial charge in [0.15, 0.2) is 0 Å². The predicted molar refractivity (Wildman–Crippen MR) is 86.7 cm³/mol. The SMILES string of the molecule is CN(CN1C(=O)NC2(CCCC2)C1=O)[C@@H]1CCc2ccccc21. The van der Waals surface area contributed by atoms with Crippen molar-refractivity contribution in [3.05, 3.63) is 35.4 Å². The lowest BCUT2D eigenvalue weighted by Crippen LogP contribution is -2.45. The van der Waals surface area contributed by atoms with Crippen molar-refractivity contribution in [1.82, 2.24) is 15.1 Å². The van der Waals surface area contributed by atoms with Gasteiger partial charge in [-0.05, 0) is 43.9 Å². The first kappa shape index (κ1) is 14.7. The molecule has 3 amide bonds. The maximum atomic E-state index is 12.8. The van der Waals surface area contributed by atoms with Crippen LogP contribution in [0.4, 0.5) is 4.79 Å². The molecule has 122 valence electrons. The Morgan fingerprint density at radius 2 is 2.00 bits per heavy atom. The fourth-order valence-electron chi connectivity index (χ4n) is 4.44. The lowest BCUT2D eigenvalue weighted by Gasteiger charge is -2.29. The number of hydrogen-bond acceptors (Lipinski definition) is 3. The monoisotopic (exact) mass is 313 g/mol. The van der Waals surface area contributed by atoms with Gasteiger partial charge in [-0.3, -0.25) is 9.69 Å². The van der Waals surface area contributed by atoms with Crippen LogP contribution in [0.15, 0.2) is 24.3 Å². The summed E-state index contributed by atoms with van der Waals surface area (Å²) in [4.78, 5) is 28.6. The second-order valence-corrected chi connectivity index (χ2v) is 7.10. The van der Waals surface area contributed by atoms with E-state index in [4.69, 9.17) is 0 Å². The predicted octanol–water partition coefficient (Wildman–Crippen LogP) is 2.43. The van der Waals surface area contributed by atoms with E-state index in [1.807, 2.05) is 7.05 Å². The highest BCUT2D eigenvalue weighted by Crippen LogP contribution is 2.37. The molecule has 1 N–H and O–H groups in total. The van der Waals surface area contributed by atoms with Gasteiger partial charge < -0.3 is 5.32 Å². The molecule has 1 saturated heterocycles. The van der Waals surface area contributed by atoms with Gasteiger partial charge in [-0.15, -0.1) is 0 Å². The van der Waals surface area contributed by atoms with E-state index < -0.39 is 5.54 Å². The van der Waals surface area contributed by atoms with Crippen LogP contribution in [-0.2, 0) is 11.2 Å².